The predicted molar refractivity (Wildman–Crippen MR) is 116 cm³/mol. The van der Waals surface area contributed by atoms with Crippen LogP contribution in [0.1, 0.15) is 31.7 Å². The first-order valence-electron chi connectivity index (χ1n) is 10.4. The van der Waals surface area contributed by atoms with Gasteiger partial charge in [-0.2, -0.15) is 0 Å². The van der Waals surface area contributed by atoms with E-state index in [1.165, 1.54) is 0 Å². The molecule has 9 nitrogen and oxygen atoms in total. The molecule has 176 valence electrons. The second-order valence-corrected chi connectivity index (χ2v) is 7.72. The average molecular weight is 441 g/mol. The molecule has 0 bridgehead atoms. The summed E-state index contributed by atoms with van der Waals surface area (Å²) in [7, 11) is 1.63. The summed E-state index contributed by atoms with van der Waals surface area (Å²) in [4.78, 5) is 23.6. The van der Waals surface area contributed by atoms with Crippen molar-refractivity contribution >= 4 is 11.9 Å². The van der Waals surface area contributed by atoms with Crippen molar-refractivity contribution in [1.29, 1.82) is 0 Å². The Hall–Kier alpha value is -2.20. The van der Waals surface area contributed by atoms with Crippen LogP contribution in [0.25, 0.3) is 0 Å². The molecule has 1 saturated heterocycles. The Morgan fingerprint density at radius 2 is 2.03 bits per heavy atom. The van der Waals surface area contributed by atoms with Crippen molar-refractivity contribution in [3.63, 3.8) is 0 Å². The van der Waals surface area contributed by atoms with Gasteiger partial charge in [0.2, 0.25) is 5.91 Å². The lowest BCUT2D eigenvalue weighted by molar-refractivity contribution is -0.142. The van der Waals surface area contributed by atoms with Crippen molar-refractivity contribution in [2.75, 3.05) is 46.6 Å². The molecule has 1 aromatic rings. The number of likely N-dealkylation sites (tertiary alicyclic amines) is 1. The Bertz CT molecular complexity index is 682. The van der Waals surface area contributed by atoms with E-state index in [9.17, 15) is 15.0 Å². The first-order valence-corrected chi connectivity index (χ1v) is 10.4. The number of aliphatic hydroxyl groups is 2. The van der Waals surface area contributed by atoms with Gasteiger partial charge in [-0.3, -0.25) is 9.59 Å². The third-order valence-corrected chi connectivity index (χ3v) is 5.22. The van der Waals surface area contributed by atoms with E-state index >= 15 is 0 Å². The highest BCUT2D eigenvalue weighted by atomic mass is 16.5. The normalized spacial score (nSPS) is 20.5. The molecule has 0 spiro atoms. The number of carboxylic acids is 1. The summed E-state index contributed by atoms with van der Waals surface area (Å²) < 4.78 is 10.6. The van der Waals surface area contributed by atoms with Crippen molar-refractivity contribution in [3.8, 4) is 5.75 Å². The zero-order chi connectivity index (χ0) is 23.3. The number of carboxylic acid groups (broad SMARTS) is 1. The van der Waals surface area contributed by atoms with Crippen LogP contribution in [-0.4, -0.2) is 84.8 Å². The first kappa shape index (κ1) is 26.8. The maximum Gasteiger partial charge on any atom is 0.300 e. The van der Waals surface area contributed by atoms with Crippen LogP contribution in [0.5, 0.6) is 5.75 Å². The molecule has 1 aromatic carbocycles. The molecule has 1 heterocycles. The molecule has 5 N–H and O–H groups in total. The van der Waals surface area contributed by atoms with Crippen LogP contribution < -0.4 is 10.5 Å². The Morgan fingerprint density at radius 1 is 1.32 bits per heavy atom. The van der Waals surface area contributed by atoms with Gasteiger partial charge in [0.25, 0.3) is 5.97 Å². The monoisotopic (exact) mass is 440 g/mol. The number of nitrogens with two attached hydrogens (primary N) is 1. The molecule has 0 aliphatic carbocycles. The minimum Gasteiger partial charge on any atom is -0.492 e. The SMILES string of the molecule is CC(=O)O.COCCC[C@@]1(CO)CN(C(=O)Cc2cccc(OCCN)c2)CC[C@H]1O. The number of rotatable bonds is 10. The molecule has 31 heavy (non-hydrogen) atoms. The van der Waals surface area contributed by atoms with Crippen molar-refractivity contribution in [2.24, 2.45) is 11.1 Å². The number of methoxy groups -OCH3 is 1. The maximum atomic E-state index is 12.8. The number of carbonyl (C=O) groups is 2. The number of benzene rings is 1. The van der Waals surface area contributed by atoms with Crippen molar-refractivity contribution in [1.82, 2.24) is 4.90 Å². The highest BCUT2D eigenvalue weighted by molar-refractivity contribution is 5.79. The van der Waals surface area contributed by atoms with Crippen LogP contribution in [0.15, 0.2) is 24.3 Å². The van der Waals surface area contributed by atoms with E-state index in [2.05, 4.69) is 0 Å². The third-order valence-electron chi connectivity index (χ3n) is 5.22. The lowest BCUT2D eigenvalue weighted by atomic mass is 9.74. The lowest BCUT2D eigenvalue weighted by Crippen LogP contribution is -2.55. The van der Waals surface area contributed by atoms with Gasteiger partial charge in [-0.05, 0) is 37.0 Å². The molecule has 2 atom stereocenters. The van der Waals surface area contributed by atoms with Crippen LogP contribution >= 0.6 is 0 Å². The number of hydrogen-bond acceptors (Lipinski definition) is 7. The molecular formula is C22H36N2O7. The molecule has 0 saturated carbocycles. The maximum absolute atomic E-state index is 12.8. The Balaban J connectivity index is 0.00000110. The second-order valence-electron chi connectivity index (χ2n) is 7.72. The van der Waals surface area contributed by atoms with Crippen LogP contribution in [0.4, 0.5) is 0 Å². The largest absolute Gasteiger partial charge is 0.492 e. The van der Waals surface area contributed by atoms with E-state index in [1.54, 1.807) is 12.0 Å². The van der Waals surface area contributed by atoms with E-state index in [1.807, 2.05) is 24.3 Å². The van der Waals surface area contributed by atoms with Crippen molar-refractivity contribution in [2.45, 2.75) is 38.7 Å². The van der Waals surface area contributed by atoms with Crippen LogP contribution in [0.3, 0.4) is 0 Å². The van der Waals surface area contributed by atoms with Gasteiger partial charge in [0.15, 0.2) is 0 Å². The van der Waals surface area contributed by atoms with Gasteiger partial charge in [0.1, 0.15) is 12.4 Å². The van der Waals surface area contributed by atoms with Crippen molar-refractivity contribution < 1.29 is 34.4 Å². The van der Waals surface area contributed by atoms with Gasteiger partial charge in [0.05, 0.1) is 19.1 Å². The molecule has 1 aliphatic rings. The minimum atomic E-state index is -0.833. The van der Waals surface area contributed by atoms with Crippen LogP contribution in [0.2, 0.25) is 0 Å². The average Bonchev–Trinajstić information content (AvgIpc) is 2.73. The predicted octanol–water partition coefficient (Wildman–Crippen LogP) is 0.656. The van der Waals surface area contributed by atoms with Gasteiger partial charge >= 0.3 is 0 Å². The smallest absolute Gasteiger partial charge is 0.300 e. The fourth-order valence-electron chi connectivity index (χ4n) is 3.62. The third kappa shape index (κ3) is 9.22. The number of amides is 1. The number of aliphatic carboxylic acids is 1. The molecule has 0 unspecified atom stereocenters. The summed E-state index contributed by atoms with van der Waals surface area (Å²) in [5, 5.41) is 27.8. The molecule has 0 aromatic heterocycles. The fourth-order valence-corrected chi connectivity index (χ4v) is 3.62. The molecule has 0 radical (unpaired) electrons. The summed E-state index contributed by atoms with van der Waals surface area (Å²) >= 11 is 0. The highest BCUT2D eigenvalue weighted by Gasteiger charge is 2.43. The summed E-state index contributed by atoms with van der Waals surface area (Å²) in [6.07, 6.45) is 1.46. The van der Waals surface area contributed by atoms with E-state index < -0.39 is 17.5 Å². The first-order chi connectivity index (χ1) is 14.8. The number of hydrogen-bond donors (Lipinski definition) is 4. The van der Waals surface area contributed by atoms with E-state index in [0.29, 0.717) is 51.4 Å². The van der Waals surface area contributed by atoms with Gasteiger partial charge in [-0.15, -0.1) is 0 Å². The minimum absolute atomic E-state index is 0.0116. The molecule has 2 rings (SSSR count). The number of aliphatic hydroxyl groups excluding tert-OH is 2. The van der Waals surface area contributed by atoms with Gasteiger partial charge in [-0.25, -0.2) is 0 Å². The van der Waals surface area contributed by atoms with Crippen molar-refractivity contribution in [3.05, 3.63) is 29.8 Å². The Kier molecular flexibility index (Phi) is 12.1. The molecular weight excluding hydrogens is 404 g/mol. The van der Waals surface area contributed by atoms with E-state index in [-0.39, 0.29) is 18.9 Å². The topological polar surface area (TPSA) is 143 Å². The Morgan fingerprint density at radius 3 is 2.65 bits per heavy atom. The molecule has 1 fully saturated rings. The molecule has 1 amide bonds. The van der Waals surface area contributed by atoms with Crippen LogP contribution in [0, 0.1) is 5.41 Å². The quantitative estimate of drug-likeness (QED) is 0.389. The molecule has 9 heteroatoms. The summed E-state index contributed by atoms with van der Waals surface area (Å²) in [5.74, 6) is -0.147. The number of ether oxygens (including phenoxy) is 2. The van der Waals surface area contributed by atoms with Gasteiger partial charge in [-0.1, -0.05) is 12.1 Å². The highest BCUT2D eigenvalue weighted by Crippen LogP contribution is 2.35. The number of piperidine rings is 1. The zero-order valence-electron chi connectivity index (χ0n) is 18.5. The zero-order valence-corrected chi connectivity index (χ0v) is 18.5. The standard InChI is InChI=1S/C20H32N2O5.C2H4O2/c1-26-10-3-7-20(15-23)14-22(9-6-18(20)24)19(25)13-16-4-2-5-17(12-16)27-11-8-21;1-2(3)4/h2,4-5,12,18,23-24H,3,6-11,13-15,21H2,1H3;1H3,(H,3,4)/t18-,20+;/m1./s1. The second kappa shape index (κ2) is 14.0. The Labute approximate surface area is 183 Å². The van der Waals surface area contributed by atoms with E-state index in [4.69, 9.17) is 25.1 Å². The summed E-state index contributed by atoms with van der Waals surface area (Å²) in [5.41, 5.74) is 5.64. The fraction of sp³-hybridized carbons (Fsp3) is 0.636. The number of carbonyl (C=O) groups excluding carboxylic acids is 1. The molecule has 1 aliphatic heterocycles. The van der Waals surface area contributed by atoms with Crippen LogP contribution in [-0.2, 0) is 20.7 Å². The summed E-state index contributed by atoms with van der Waals surface area (Å²) in [6, 6.07) is 7.44. The van der Waals surface area contributed by atoms with E-state index in [0.717, 1.165) is 18.9 Å². The van der Waals surface area contributed by atoms with Gasteiger partial charge < -0.3 is 35.4 Å². The summed E-state index contributed by atoms with van der Waals surface area (Å²) in [6.45, 7) is 3.22. The van der Waals surface area contributed by atoms with Gasteiger partial charge in [0, 0.05) is 45.7 Å². The number of nitrogens with zero attached hydrogens (tertiary/aromatic N) is 1. The lowest BCUT2D eigenvalue weighted by Gasteiger charge is -2.45.